The lowest BCUT2D eigenvalue weighted by atomic mass is 10.0. The number of rotatable bonds is 8. The Morgan fingerprint density at radius 1 is 0.771 bits per heavy atom. The van der Waals surface area contributed by atoms with Crippen LogP contribution in [0.5, 0.6) is 0 Å². The number of nitrogens with one attached hydrogen (secondary N) is 2. The number of hydrogen-bond donors (Lipinski definition) is 2. The van der Waals surface area contributed by atoms with Gasteiger partial charge in [-0.05, 0) is 90.7 Å². The fourth-order valence-electron chi connectivity index (χ4n) is 4.79. The van der Waals surface area contributed by atoms with Crippen LogP contribution in [0.4, 0.5) is 28.4 Å². The number of hydrogen-bond acceptors (Lipinski definition) is 5. The number of anilines is 4. The minimum atomic E-state index is -0.338. The third kappa shape index (κ3) is 4.43. The van der Waals surface area contributed by atoms with E-state index in [4.69, 9.17) is 0 Å². The van der Waals surface area contributed by atoms with Crippen molar-refractivity contribution in [3.05, 3.63) is 112 Å². The maximum atomic E-state index is 11.4. The second-order valence-electron chi connectivity index (χ2n) is 8.61. The molecule has 0 fully saturated rings. The third-order valence-electron chi connectivity index (χ3n) is 6.60. The van der Waals surface area contributed by atoms with Crippen LogP contribution in [0.2, 0.25) is 0 Å². The topological polar surface area (TPSA) is 70.4 Å². The van der Waals surface area contributed by atoms with Crippen LogP contribution < -0.4 is 15.5 Å². The maximum Gasteiger partial charge on any atom is 0.269 e. The molecule has 6 nitrogen and oxygen atoms in total. The highest BCUT2D eigenvalue weighted by Gasteiger charge is 2.30. The van der Waals surface area contributed by atoms with Crippen LogP contribution in [0.25, 0.3) is 11.1 Å². The first-order valence-corrected chi connectivity index (χ1v) is 11.9. The van der Waals surface area contributed by atoms with E-state index in [1.165, 1.54) is 5.69 Å². The van der Waals surface area contributed by atoms with Gasteiger partial charge in [-0.2, -0.15) is 0 Å². The van der Waals surface area contributed by atoms with E-state index in [0.29, 0.717) is 0 Å². The number of non-ortho nitro benzene ring substituents is 1. The van der Waals surface area contributed by atoms with Crippen LogP contribution in [0.15, 0.2) is 91.0 Å². The highest BCUT2D eigenvalue weighted by molar-refractivity contribution is 5.81. The first kappa shape index (κ1) is 22.5. The lowest BCUT2D eigenvalue weighted by molar-refractivity contribution is -0.384. The molecule has 0 amide bonds. The molecule has 4 aromatic carbocycles. The van der Waals surface area contributed by atoms with Crippen LogP contribution in [0, 0.1) is 10.1 Å². The molecule has 1 unspecified atom stereocenters. The largest absolute Gasteiger partial charge is 0.374 e. The molecule has 1 aliphatic carbocycles. The van der Waals surface area contributed by atoms with Crippen LogP contribution in [0.1, 0.15) is 31.0 Å². The molecule has 0 saturated heterocycles. The van der Waals surface area contributed by atoms with E-state index in [2.05, 4.69) is 65.8 Å². The summed E-state index contributed by atoms with van der Waals surface area (Å²) in [6, 6.07) is 29.7. The molecule has 176 valence electrons. The van der Waals surface area contributed by atoms with Crippen molar-refractivity contribution in [2.24, 2.45) is 0 Å². The summed E-state index contributed by atoms with van der Waals surface area (Å²) < 4.78 is 0. The molecule has 0 spiro atoms. The highest BCUT2D eigenvalue weighted by Crippen LogP contribution is 2.46. The van der Waals surface area contributed by atoms with Crippen molar-refractivity contribution < 1.29 is 4.92 Å². The van der Waals surface area contributed by atoms with Crippen molar-refractivity contribution in [1.82, 2.24) is 0 Å². The van der Waals surface area contributed by atoms with Crippen molar-refractivity contribution in [3.63, 3.8) is 0 Å². The average Bonchev–Trinajstić information content (AvgIpc) is 3.20. The lowest BCUT2D eigenvalue weighted by Gasteiger charge is -2.21. The van der Waals surface area contributed by atoms with E-state index in [1.807, 2.05) is 42.5 Å². The summed E-state index contributed by atoms with van der Waals surface area (Å²) >= 11 is 0. The van der Waals surface area contributed by atoms with Crippen LogP contribution >= 0.6 is 0 Å². The monoisotopic (exact) mass is 464 g/mol. The molecule has 0 saturated carbocycles. The number of fused-ring (bicyclic) bond motifs is 3. The van der Waals surface area contributed by atoms with Gasteiger partial charge in [-0.1, -0.05) is 24.3 Å². The van der Waals surface area contributed by atoms with Crippen LogP contribution in [0.3, 0.4) is 0 Å². The van der Waals surface area contributed by atoms with E-state index in [0.717, 1.165) is 52.4 Å². The number of nitro benzene ring substituents is 1. The molecule has 1 aliphatic rings. The Morgan fingerprint density at radius 2 is 1.37 bits per heavy atom. The predicted octanol–water partition coefficient (Wildman–Crippen LogP) is 7.37. The van der Waals surface area contributed by atoms with Crippen molar-refractivity contribution in [2.45, 2.75) is 19.9 Å². The van der Waals surface area contributed by atoms with E-state index >= 15 is 0 Å². The minimum absolute atomic E-state index is 0.106. The molecular weight excluding hydrogens is 436 g/mol. The van der Waals surface area contributed by atoms with E-state index in [9.17, 15) is 10.1 Å². The van der Waals surface area contributed by atoms with Crippen LogP contribution in [-0.2, 0) is 0 Å². The maximum absolute atomic E-state index is 11.4. The molecule has 1 atom stereocenters. The summed E-state index contributed by atoms with van der Waals surface area (Å²) in [5.41, 5.74) is 8.51. The quantitative estimate of drug-likeness (QED) is 0.210. The summed E-state index contributed by atoms with van der Waals surface area (Å²) in [7, 11) is 0. The van der Waals surface area contributed by atoms with Gasteiger partial charge in [0.25, 0.3) is 5.69 Å². The van der Waals surface area contributed by atoms with Gasteiger partial charge < -0.3 is 15.5 Å². The van der Waals surface area contributed by atoms with Crippen molar-refractivity contribution in [3.8, 4) is 11.1 Å². The summed E-state index contributed by atoms with van der Waals surface area (Å²) in [6.07, 6.45) is 0. The average molecular weight is 465 g/mol. The molecular formula is C29H28N4O2. The van der Waals surface area contributed by atoms with Gasteiger partial charge in [0, 0.05) is 48.0 Å². The van der Waals surface area contributed by atoms with E-state index < -0.39 is 0 Å². The lowest BCUT2D eigenvalue weighted by Crippen LogP contribution is -2.21. The Labute approximate surface area is 205 Å². The van der Waals surface area contributed by atoms with Gasteiger partial charge in [0.1, 0.15) is 0 Å². The summed E-state index contributed by atoms with van der Waals surface area (Å²) in [5, 5.41) is 18.4. The SMILES string of the molecule is CCN(CC)c1ccc(Nc2ccc(NC3c4ccccc4-c4ccc([N+](=O)[O-])cc43)cc2)cc1. The predicted molar refractivity (Wildman–Crippen MR) is 144 cm³/mol. The highest BCUT2D eigenvalue weighted by atomic mass is 16.6. The fraction of sp³-hybridized carbons (Fsp3) is 0.172. The standard InChI is InChI=1S/C29H28N4O2/c1-3-32(4-2)23-15-13-21(14-16-23)30-20-9-11-22(12-10-20)31-29-27-8-6-5-7-25(27)26-18-17-24(33(34)35)19-28(26)29/h5-19,29-31H,3-4H2,1-2H3. The number of nitrogens with zero attached hydrogens (tertiary/aromatic N) is 2. The second-order valence-corrected chi connectivity index (χ2v) is 8.61. The minimum Gasteiger partial charge on any atom is -0.374 e. The van der Waals surface area contributed by atoms with Gasteiger partial charge in [0.05, 0.1) is 11.0 Å². The van der Waals surface area contributed by atoms with Gasteiger partial charge in [-0.3, -0.25) is 10.1 Å². The zero-order chi connectivity index (χ0) is 24.4. The molecule has 0 aliphatic heterocycles. The van der Waals surface area contributed by atoms with E-state index in [-0.39, 0.29) is 16.7 Å². The summed E-state index contributed by atoms with van der Waals surface area (Å²) in [6.45, 7) is 6.30. The van der Waals surface area contributed by atoms with Gasteiger partial charge in [-0.25, -0.2) is 0 Å². The second kappa shape index (κ2) is 9.50. The Hall–Kier alpha value is -4.32. The zero-order valence-corrected chi connectivity index (χ0v) is 19.9. The Bertz CT molecular complexity index is 1350. The molecule has 5 rings (SSSR count). The van der Waals surface area contributed by atoms with Gasteiger partial charge in [-0.15, -0.1) is 0 Å². The van der Waals surface area contributed by atoms with Crippen molar-refractivity contribution >= 4 is 28.4 Å². The molecule has 0 aromatic heterocycles. The third-order valence-corrected chi connectivity index (χ3v) is 6.60. The summed E-state index contributed by atoms with van der Waals surface area (Å²) in [4.78, 5) is 13.4. The van der Waals surface area contributed by atoms with E-state index in [1.54, 1.807) is 12.1 Å². The Morgan fingerprint density at radius 3 is 2.03 bits per heavy atom. The molecule has 35 heavy (non-hydrogen) atoms. The first-order chi connectivity index (χ1) is 17.1. The summed E-state index contributed by atoms with van der Waals surface area (Å²) in [5.74, 6) is 0. The van der Waals surface area contributed by atoms with Gasteiger partial charge in [0.2, 0.25) is 0 Å². The number of nitro groups is 1. The Kier molecular flexibility index (Phi) is 6.10. The molecule has 0 radical (unpaired) electrons. The zero-order valence-electron chi connectivity index (χ0n) is 19.9. The Balaban J connectivity index is 1.34. The first-order valence-electron chi connectivity index (χ1n) is 11.9. The van der Waals surface area contributed by atoms with Crippen molar-refractivity contribution in [1.29, 1.82) is 0 Å². The molecule has 0 heterocycles. The molecule has 4 aromatic rings. The molecule has 6 heteroatoms. The van der Waals surface area contributed by atoms with Crippen LogP contribution in [-0.4, -0.2) is 18.0 Å². The molecule has 2 N–H and O–H groups in total. The van der Waals surface area contributed by atoms with Gasteiger partial charge in [0.15, 0.2) is 0 Å². The normalized spacial score (nSPS) is 13.6. The van der Waals surface area contributed by atoms with Crippen molar-refractivity contribution in [2.75, 3.05) is 28.6 Å². The smallest absolute Gasteiger partial charge is 0.269 e. The molecule has 0 bridgehead atoms. The fourth-order valence-corrected chi connectivity index (χ4v) is 4.79. The van der Waals surface area contributed by atoms with Gasteiger partial charge >= 0.3 is 0 Å². The number of benzene rings is 4.